The van der Waals surface area contributed by atoms with Crippen LogP contribution >= 0.6 is 0 Å². The van der Waals surface area contributed by atoms with Crippen LogP contribution in [0.3, 0.4) is 0 Å². The molecule has 8 heteroatoms. The predicted molar refractivity (Wildman–Crippen MR) is 125 cm³/mol. The lowest BCUT2D eigenvalue weighted by atomic mass is 9.94. The fraction of sp³-hybridized carbons (Fsp3) is 0.115. The number of anilines is 1. The van der Waals surface area contributed by atoms with Crippen molar-refractivity contribution in [1.82, 2.24) is 15.5 Å². The number of allylic oxidation sites excluding steroid dienone is 1. The highest BCUT2D eigenvalue weighted by Crippen LogP contribution is 2.39. The Balaban J connectivity index is 1.62. The number of methoxy groups -OCH3 is 1. The zero-order valence-corrected chi connectivity index (χ0v) is 18.5. The quantitative estimate of drug-likeness (QED) is 0.424. The second-order valence-electron chi connectivity index (χ2n) is 7.76. The van der Waals surface area contributed by atoms with Gasteiger partial charge in [-0.05, 0) is 61.0 Å². The van der Waals surface area contributed by atoms with Crippen LogP contribution in [-0.4, -0.2) is 23.3 Å². The molecule has 1 aliphatic heterocycles. The number of hydrogen-bond acceptors (Lipinski definition) is 5. The van der Waals surface area contributed by atoms with E-state index in [0.29, 0.717) is 22.8 Å². The molecule has 1 aliphatic rings. The fourth-order valence-corrected chi connectivity index (χ4v) is 4.01. The summed E-state index contributed by atoms with van der Waals surface area (Å²) in [5.74, 6) is 1.03. The first-order valence-corrected chi connectivity index (χ1v) is 10.7. The van der Waals surface area contributed by atoms with E-state index < -0.39 is 6.04 Å². The summed E-state index contributed by atoms with van der Waals surface area (Å²) < 4.78 is 24.4. The fourth-order valence-electron chi connectivity index (χ4n) is 4.01. The highest BCUT2D eigenvalue weighted by Gasteiger charge is 2.36. The Morgan fingerprint density at radius 3 is 2.38 bits per heavy atom. The van der Waals surface area contributed by atoms with Crippen molar-refractivity contribution >= 4 is 17.3 Å². The van der Waals surface area contributed by atoms with Gasteiger partial charge >= 0.3 is 6.03 Å². The molecule has 2 amide bonds. The van der Waals surface area contributed by atoms with Gasteiger partial charge in [0, 0.05) is 11.3 Å². The van der Waals surface area contributed by atoms with Crippen molar-refractivity contribution in [3.8, 4) is 17.1 Å². The lowest BCUT2D eigenvalue weighted by Gasteiger charge is -2.35. The number of halogens is 1. The lowest BCUT2D eigenvalue weighted by molar-refractivity contribution is 0.244. The van der Waals surface area contributed by atoms with E-state index in [1.165, 1.54) is 17.0 Å². The van der Waals surface area contributed by atoms with E-state index in [1.54, 1.807) is 19.2 Å². The smallest absolute Gasteiger partial charge is 0.326 e. The molecule has 1 atom stereocenters. The van der Waals surface area contributed by atoms with Crippen LogP contribution in [0.25, 0.3) is 17.0 Å². The summed E-state index contributed by atoms with van der Waals surface area (Å²) in [6, 6.07) is 21.8. The van der Waals surface area contributed by atoms with E-state index in [2.05, 4.69) is 15.5 Å². The van der Waals surface area contributed by atoms with Gasteiger partial charge in [0.05, 0.1) is 24.4 Å². The Morgan fingerprint density at radius 2 is 1.71 bits per heavy atom. The summed E-state index contributed by atoms with van der Waals surface area (Å²) in [7, 11) is 1.60. The van der Waals surface area contributed by atoms with Crippen molar-refractivity contribution in [2.75, 3.05) is 12.0 Å². The maximum Gasteiger partial charge on any atom is 0.326 e. The zero-order valence-electron chi connectivity index (χ0n) is 18.5. The number of amides is 2. The molecule has 0 spiro atoms. The number of hydrogen-bond donors (Lipinski definition) is 1. The zero-order chi connectivity index (χ0) is 23.7. The minimum absolute atomic E-state index is 0.282. The highest BCUT2D eigenvalue weighted by atomic mass is 19.1. The van der Waals surface area contributed by atoms with E-state index in [4.69, 9.17) is 9.26 Å². The van der Waals surface area contributed by atoms with Crippen LogP contribution in [0.15, 0.2) is 89.1 Å². The summed E-state index contributed by atoms with van der Waals surface area (Å²) in [5, 5.41) is 7.20. The summed E-state index contributed by atoms with van der Waals surface area (Å²) in [4.78, 5) is 19.3. The van der Waals surface area contributed by atoms with Crippen LogP contribution in [0.4, 0.5) is 14.9 Å². The number of carbonyl (C=O) groups is 1. The van der Waals surface area contributed by atoms with E-state index in [-0.39, 0.29) is 17.7 Å². The summed E-state index contributed by atoms with van der Waals surface area (Å²) in [6.07, 6.45) is 0. The maximum absolute atomic E-state index is 13.5. The van der Waals surface area contributed by atoms with Crippen molar-refractivity contribution in [2.24, 2.45) is 0 Å². The Morgan fingerprint density at radius 1 is 1.00 bits per heavy atom. The van der Waals surface area contributed by atoms with Crippen molar-refractivity contribution < 1.29 is 18.4 Å². The molecule has 4 aromatic rings. The molecule has 1 unspecified atom stereocenters. The summed E-state index contributed by atoms with van der Waals surface area (Å²) in [5.41, 5.74) is 3.42. The molecule has 34 heavy (non-hydrogen) atoms. The number of rotatable bonds is 5. The molecule has 1 N–H and O–H groups in total. The van der Waals surface area contributed by atoms with Crippen LogP contribution in [0.1, 0.15) is 24.4 Å². The molecule has 0 fully saturated rings. The number of aromatic nitrogens is 2. The molecule has 0 saturated carbocycles. The maximum atomic E-state index is 13.5. The van der Waals surface area contributed by atoms with Crippen LogP contribution in [-0.2, 0) is 0 Å². The standard InChI is InChI=1S/C26H21FN4O3/c1-16-22(25-29-24(30-34-25)18-8-14-21(33-2)15-9-18)23(17-6-4-3-5-7-17)28-26(32)31(16)20-12-10-19(27)11-13-20/h3-15,23H,1-2H3,(H,28,32). The topological polar surface area (TPSA) is 80.5 Å². The Labute approximate surface area is 195 Å². The molecular formula is C26H21FN4O3. The molecule has 0 saturated heterocycles. The summed E-state index contributed by atoms with van der Waals surface area (Å²) in [6.45, 7) is 1.81. The van der Waals surface area contributed by atoms with Gasteiger partial charge < -0.3 is 14.6 Å². The first kappa shape index (κ1) is 21.4. The Kier molecular flexibility index (Phi) is 5.55. The third-order valence-corrected chi connectivity index (χ3v) is 5.71. The monoisotopic (exact) mass is 456 g/mol. The third-order valence-electron chi connectivity index (χ3n) is 5.71. The lowest BCUT2D eigenvalue weighted by Crippen LogP contribution is -2.46. The number of nitrogens with one attached hydrogen (secondary N) is 1. The molecule has 0 radical (unpaired) electrons. The van der Waals surface area contributed by atoms with Crippen molar-refractivity contribution in [1.29, 1.82) is 0 Å². The molecule has 170 valence electrons. The van der Waals surface area contributed by atoms with Gasteiger partial charge in [-0.2, -0.15) is 4.98 Å². The van der Waals surface area contributed by atoms with E-state index >= 15 is 0 Å². The van der Waals surface area contributed by atoms with Gasteiger partial charge in [0.1, 0.15) is 11.6 Å². The van der Waals surface area contributed by atoms with E-state index in [0.717, 1.165) is 16.9 Å². The first-order valence-electron chi connectivity index (χ1n) is 10.7. The Hall–Kier alpha value is -4.46. The van der Waals surface area contributed by atoms with Gasteiger partial charge in [0.2, 0.25) is 5.82 Å². The molecule has 7 nitrogen and oxygen atoms in total. The highest BCUT2D eigenvalue weighted by molar-refractivity contribution is 6.01. The molecule has 0 aliphatic carbocycles. The second-order valence-corrected chi connectivity index (χ2v) is 7.76. The first-order chi connectivity index (χ1) is 16.5. The average molecular weight is 456 g/mol. The molecule has 5 rings (SSSR count). The minimum atomic E-state index is -0.505. The average Bonchev–Trinajstić information content (AvgIpc) is 3.35. The SMILES string of the molecule is COc1ccc(-c2noc(C3=C(C)N(c4ccc(F)cc4)C(=O)NC3c3ccccc3)n2)cc1. The largest absolute Gasteiger partial charge is 0.497 e. The van der Waals surface area contributed by atoms with Crippen molar-refractivity contribution in [3.05, 3.63) is 102 Å². The van der Waals surface area contributed by atoms with Crippen LogP contribution < -0.4 is 15.0 Å². The van der Waals surface area contributed by atoms with Crippen LogP contribution in [0.5, 0.6) is 5.75 Å². The molecule has 2 heterocycles. The minimum Gasteiger partial charge on any atom is -0.497 e. The van der Waals surface area contributed by atoms with Crippen LogP contribution in [0, 0.1) is 5.82 Å². The van der Waals surface area contributed by atoms with Gasteiger partial charge in [-0.3, -0.25) is 4.90 Å². The van der Waals surface area contributed by atoms with E-state index in [1.807, 2.05) is 61.5 Å². The van der Waals surface area contributed by atoms with Crippen molar-refractivity contribution in [3.63, 3.8) is 0 Å². The number of nitrogens with zero attached hydrogens (tertiary/aromatic N) is 3. The van der Waals surface area contributed by atoms with Gasteiger partial charge in [-0.15, -0.1) is 0 Å². The van der Waals surface area contributed by atoms with Crippen molar-refractivity contribution in [2.45, 2.75) is 13.0 Å². The predicted octanol–water partition coefficient (Wildman–Crippen LogP) is 5.59. The molecular weight excluding hydrogens is 435 g/mol. The van der Waals surface area contributed by atoms with Gasteiger partial charge in [-0.1, -0.05) is 35.5 Å². The third kappa shape index (κ3) is 3.90. The molecule has 1 aromatic heterocycles. The molecule has 0 bridgehead atoms. The number of urea groups is 1. The van der Waals surface area contributed by atoms with Gasteiger partial charge in [-0.25, -0.2) is 9.18 Å². The summed E-state index contributed by atoms with van der Waals surface area (Å²) >= 11 is 0. The number of carbonyl (C=O) groups excluding carboxylic acids is 1. The van der Waals surface area contributed by atoms with Crippen LogP contribution in [0.2, 0.25) is 0 Å². The van der Waals surface area contributed by atoms with Gasteiger partial charge in [0.15, 0.2) is 0 Å². The number of benzene rings is 3. The normalized spacial score (nSPS) is 15.9. The molecule has 3 aromatic carbocycles. The Bertz CT molecular complexity index is 1350. The van der Waals surface area contributed by atoms with E-state index in [9.17, 15) is 9.18 Å². The second kappa shape index (κ2) is 8.82. The number of ether oxygens (including phenoxy) is 1. The van der Waals surface area contributed by atoms with Gasteiger partial charge in [0.25, 0.3) is 5.89 Å².